The number of nitrogens with zero attached hydrogens (tertiary/aromatic N) is 3. The fourth-order valence-corrected chi connectivity index (χ4v) is 5.60. The monoisotopic (exact) mass is 363 g/mol. The largest absolute Gasteiger partial charge is 0.465 e. The Morgan fingerprint density at radius 1 is 1.42 bits per heavy atom. The lowest BCUT2D eigenvalue weighted by Gasteiger charge is -2.19. The van der Waals surface area contributed by atoms with Crippen LogP contribution < -0.4 is 0 Å². The summed E-state index contributed by atoms with van der Waals surface area (Å²) in [5, 5.41) is 9.32. The van der Waals surface area contributed by atoms with E-state index >= 15 is 0 Å². The summed E-state index contributed by atoms with van der Waals surface area (Å²) in [6.45, 7) is 2.79. The molecule has 2 aliphatic rings. The second-order valence-corrected chi connectivity index (χ2v) is 8.81. The van der Waals surface area contributed by atoms with Crippen molar-refractivity contribution in [3.8, 4) is 10.7 Å². The number of cyclic esters (lactones) is 1. The molecule has 128 valence electrons. The predicted octanol–water partition coefficient (Wildman–Crippen LogP) is 3.47. The van der Waals surface area contributed by atoms with Gasteiger partial charge in [-0.05, 0) is 36.8 Å². The summed E-state index contributed by atoms with van der Waals surface area (Å²) < 4.78 is 7.03. The van der Waals surface area contributed by atoms with Crippen molar-refractivity contribution in [2.24, 2.45) is 13.0 Å². The first kappa shape index (κ1) is 16.1. The molecule has 0 aromatic carbocycles. The average Bonchev–Trinajstić information content (AvgIpc) is 3.27. The van der Waals surface area contributed by atoms with Gasteiger partial charge in [0.15, 0.2) is 11.0 Å². The Labute approximate surface area is 149 Å². The van der Waals surface area contributed by atoms with Crippen molar-refractivity contribution in [1.29, 1.82) is 0 Å². The molecule has 0 N–H and O–H groups in total. The van der Waals surface area contributed by atoms with Crippen molar-refractivity contribution in [3.63, 3.8) is 0 Å². The van der Waals surface area contributed by atoms with Crippen molar-refractivity contribution >= 4 is 29.1 Å². The highest BCUT2D eigenvalue weighted by atomic mass is 32.2. The number of thiophene rings is 1. The number of rotatable bonds is 4. The zero-order valence-electron chi connectivity index (χ0n) is 13.9. The lowest BCUT2D eigenvalue weighted by molar-refractivity contribution is -0.137. The average molecular weight is 364 g/mol. The molecule has 3 heterocycles. The normalized spacial score (nSPS) is 23.3. The van der Waals surface area contributed by atoms with E-state index in [4.69, 9.17) is 4.74 Å². The van der Waals surface area contributed by atoms with E-state index in [0.29, 0.717) is 6.61 Å². The highest BCUT2D eigenvalue weighted by molar-refractivity contribution is 8.00. The van der Waals surface area contributed by atoms with Gasteiger partial charge in [0.25, 0.3) is 0 Å². The Kier molecular flexibility index (Phi) is 4.39. The molecule has 2 aromatic heterocycles. The molecule has 2 aromatic rings. The van der Waals surface area contributed by atoms with Gasteiger partial charge in [0.05, 0.1) is 11.5 Å². The number of fused-ring (bicyclic) bond motifs is 1. The first-order chi connectivity index (χ1) is 11.7. The van der Waals surface area contributed by atoms with Crippen LogP contribution in [0.15, 0.2) is 11.2 Å². The van der Waals surface area contributed by atoms with Gasteiger partial charge in [0.1, 0.15) is 5.25 Å². The fraction of sp³-hybridized carbons (Fsp3) is 0.588. The molecular weight excluding hydrogens is 342 g/mol. The summed E-state index contributed by atoms with van der Waals surface area (Å²) >= 11 is 3.31. The number of thioether (sulfide) groups is 1. The van der Waals surface area contributed by atoms with Crippen LogP contribution in [0.3, 0.4) is 0 Å². The number of carbonyl (C=O) groups is 1. The molecule has 5 nitrogen and oxygen atoms in total. The molecule has 0 bridgehead atoms. The lowest BCUT2D eigenvalue weighted by Crippen LogP contribution is -2.10. The summed E-state index contributed by atoms with van der Waals surface area (Å²) in [5.41, 5.74) is 1.49. The smallest absolute Gasteiger partial charge is 0.319 e. The Morgan fingerprint density at radius 3 is 3.04 bits per heavy atom. The first-order valence-electron chi connectivity index (χ1n) is 8.50. The van der Waals surface area contributed by atoms with Crippen LogP contribution in [-0.2, 0) is 29.4 Å². The maximum Gasteiger partial charge on any atom is 0.319 e. The van der Waals surface area contributed by atoms with E-state index in [-0.39, 0.29) is 11.2 Å². The molecule has 0 spiro atoms. The highest BCUT2D eigenvalue weighted by Gasteiger charge is 2.30. The topological polar surface area (TPSA) is 57.0 Å². The van der Waals surface area contributed by atoms with Gasteiger partial charge in [-0.3, -0.25) is 4.79 Å². The second-order valence-electron chi connectivity index (χ2n) is 6.50. The van der Waals surface area contributed by atoms with Crippen LogP contribution in [0.5, 0.6) is 0 Å². The van der Waals surface area contributed by atoms with Crippen LogP contribution in [0.1, 0.15) is 36.6 Å². The molecule has 2 atom stereocenters. The van der Waals surface area contributed by atoms with Crippen LogP contribution in [-0.4, -0.2) is 32.6 Å². The number of aromatic nitrogens is 3. The summed E-state index contributed by atoms with van der Waals surface area (Å²) in [4.78, 5) is 14.4. The predicted molar refractivity (Wildman–Crippen MR) is 95.3 cm³/mol. The third kappa shape index (κ3) is 2.88. The van der Waals surface area contributed by atoms with Gasteiger partial charge in [-0.15, -0.1) is 21.5 Å². The van der Waals surface area contributed by atoms with Gasteiger partial charge < -0.3 is 9.30 Å². The van der Waals surface area contributed by atoms with Gasteiger partial charge in [-0.2, -0.15) is 0 Å². The van der Waals surface area contributed by atoms with E-state index in [2.05, 4.69) is 23.2 Å². The summed E-state index contributed by atoms with van der Waals surface area (Å²) in [7, 11) is 1.98. The van der Waals surface area contributed by atoms with Gasteiger partial charge in [0, 0.05) is 18.3 Å². The van der Waals surface area contributed by atoms with Crippen molar-refractivity contribution in [2.75, 3.05) is 6.61 Å². The molecule has 0 unspecified atom stereocenters. The van der Waals surface area contributed by atoms with E-state index in [9.17, 15) is 4.79 Å². The maximum atomic E-state index is 11.7. The fourth-order valence-electron chi connectivity index (χ4n) is 3.40. The quantitative estimate of drug-likeness (QED) is 0.779. The van der Waals surface area contributed by atoms with Crippen molar-refractivity contribution in [2.45, 2.75) is 49.4 Å². The van der Waals surface area contributed by atoms with Crippen LogP contribution in [0.25, 0.3) is 10.7 Å². The molecule has 0 amide bonds. The van der Waals surface area contributed by atoms with Gasteiger partial charge >= 0.3 is 5.97 Å². The van der Waals surface area contributed by atoms with Gasteiger partial charge in [0.2, 0.25) is 0 Å². The van der Waals surface area contributed by atoms with E-state index in [1.165, 1.54) is 52.8 Å². The third-order valence-corrected chi connectivity index (χ3v) is 7.46. The van der Waals surface area contributed by atoms with Crippen molar-refractivity contribution < 1.29 is 9.53 Å². The molecule has 0 radical (unpaired) electrons. The van der Waals surface area contributed by atoms with Gasteiger partial charge in [-0.1, -0.05) is 25.1 Å². The van der Waals surface area contributed by atoms with E-state index in [0.717, 1.165) is 23.3 Å². The molecular formula is C17H21N3O2S2. The summed E-state index contributed by atoms with van der Waals surface area (Å²) in [6.07, 6.45) is 5.68. The zero-order chi connectivity index (χ0) is 16.7. The van der Waals surface area contributed by atoms with Crippen LogP contribution >= 0.6 is 23.1 Å². The third-order valence-electron chi connectivity index (χ3n) is 4.95. The minimum absolute atomic E-state index is 0.137. The molecule has 1 aliphatic heterocycles. The molecule has 1 saturated heterocycles. The molecule has 7 heteroatoms. The molecule has 1 fully saturated rings. The second kappa shape index (κ2) is 6.52. The number of ether oxygens (including phenoxy) is 1. The maximum absolute atomic E-state index is 11.7. The van der Waals surface area contributed by atoms with Crippen LogP contribution in [0, 0.1) is 5.92 Å². The number of esters is 1. The van der Waals surface area contributed by atoms with E-state index in [1.807, 2.05) is 23.0 Å². The Morgan fingerprint density at radius 2 is 2.29 bits per heavy atom. The standard InChI is InChI=1S/C17H21N3O2S2/c1-3-10-4-5-12-11(8-10)9-14(23-12)15-18-19-17(20(15)2)24-13-6-7-22-16(13)21/h9-10,13H,3-8H2,1-2H3/t10-,13+/m1/s1. The first-order valence-corrected chi connectivity index (χ1v) is 10.2. The SMILES string of the molecule is CC[C@@H]1CCc2sc(-c3nnc(S[C@H]4CCOC4=O)n3C)cc2C1. The number of hydrogen-bond donors (Lipinski definition) is 0. The number of aryl methyl sites for hydroxylation is 1. The minimum atomic E-state index is -0.150. The Balaban J connectivity index is 1.57. The Bertz CT molecular complexity index is 768. The summed E-state index contributed by atoms with van der Waals surface area (Å²) in [5.74, 6) is 1.58. The molecule has 0 saturated carbocycles. The van der Waals surface area contributed by atoms with Crippen LogP contribution in [0.2, 0.25) is 0 Å². The number of hydrogen-bond acceptors (Lipinski definition) is 6. The minimum Gasteiger partial charge on any atom is -0.465 e. The zero-order valence-corrected chi connectivity index (χ0v) is 15.6. The summed E-state index contributed by atoms with van der Waals surface area (Å²) in [6, 6.07) is 2.30. The molecule has 24 heavy (non-hydrogen) atoms. The van der Waals surface area contributed by atoms with Crippen LogP contribution in [0.4, 0.5) is 0 Å². The van der Waals surface area contributed by atoms with Gasteiger partial charge in [-0.25, -0.2) is 0 Å². The Hall–Kier alpha value is -1.34. The lowest BCUT2D eigenvalue weighted by atomic mass is 9.87. The van der Waals surface area contributed by atoms with E-state index < -0.39 is 0 Å². The van der Waals surface area contributed by atoms with E-state index in [1.54, 1.807) is 0 Å². The molecule has 1 aliphatic carbocycles. The van der Waals surface area contributed by atoms with Crippen molar-refractivity contribution in [3.05, 3.63) is 16.5 Å². The molecule has 4 rings (SSSR count). The highest BCUT2D eigenvalue weighted by Crippen LogP contribution is 2.38. The van der Waals surface area contributed by atoms with Crippen molar-refractivity contribution in [1.82, 2.24) is 14.8 Å². The number of carbonyl (C=O) groups excluding carboxylic acids is 1.